The third kappa shape index (κ3) is 5.41. The summed E-state index contributed by atoms with van der Waals surface area (Å²) in [6.45, 7) is 0.466. The molecule has 0 aliphatic rings. The molecule has 2 aromatic carbocycles. The van der Waals surface area contributed by atoms with E-state index in [-0.39, 0.29) is 12.1 Å². The Balaban J connectivity index is 2.00. The normalized spacial score (nSPS) is 11.7. The van der Waals surface area contributed by atoms with Crippen LogP contribution in [0, 0.1) is 0 Å². The van der Waals surface area contributed by atoms with E-state index < -0.39 is 0 Å². The summed E-state index contributed by atoms with van der Waals surface area (Å²) in [4.78, 5) is 11.9. The molecule has 0 fully saturated rings. The van der Waals surface area contributed by atoms with Crippen LogP contribution in [0.5, 0.6) is 0 Å². The van der Waals surface area contributed by atoms with Crippen LogP contribution in [0.15, 0.2) is 60.7 Å². The van der Waals surface area contributed by atoms with Crippen LogP contribution in [0.4, 0.5) is 4.79 Å². The number of benzene rings is 2. The minimum absolute atomic E-state index is 0.0169. The van der Waals surface area contributed by atoms with Crippen LogP contribution in [0.25, 0.3) is 0 Å². The van der Waals surface area contributed by atoms with Crippen molar-refractivity contribution in [3.63, 3.8) is 0 Å². The molecule has 0 aromatic heterocycles. The molecule has 0 aliphatic carbocycles. The van der Waals surface area contributed by atoms with Crippen LogP contribution in [0.2, 0.25) is 0 Å². The SMILES string of the molecule is O=C(NCCCl)NC(CCc1ccccc1)c1ccccc1. The van der Waals surface area contributed by atoms with Gasteiger partial charge in [-0.25, -0.2) is 4.79 Å². The molecule has 3 nitrogen and oxygen atoms in total. The van der Waals surface area contributed by atoms with Crippen molar-refractivity contribution in [2.45, 2.75) is 18.9 Å². The van der Waals surface area contributed by atoms with Crippen LogP contribution >= 0.6 is 11.6 Å². The van der Waals surface area contributed by atoms with Crippen molar-refractivity contribution in [2.75, 3.05) is 12.4 Å². The highest BCUT2D eigenvalue weighted by Crippen LogP contribution is 2.19. The first-order valence-corrected chi connectivity index (χ1v) is 8.02. The Morgan fingerprint density at radius 3 is 2.27 bits per heavy atom. The van der Waals surface area contributed by atoms with Crippen molar-refractivity contribution in [2.24, 2.45) is 0 Å². The molecule has 2 rings (SSSR count). The third-order valence-electron chi connectivity index (χ3n) is 3.45. The molecule has 0 spiro atoms. The lowest BCUT2D eigenvalue weighted by molar-refractivity contribution is 0.237. The number of urea groups is 1. The van der Waals surface area contributed by atoms with Gasteiger partial charge in [-0.15, -0.1) is 11.6 Å². The minimum atomic E-state index is -0.178. The van der Waals surface area contributed by atoms with Crippen molar-refractivity contribution in [3.8, 4) is 0 Å². The van der Waals surface area contributed by atoms with Gasteiger partial charge in [0.15, 0.2) is 0 Å². The summed E-state index contributed by atoms with van der Waals surface area (Å²) in [5.41, 5.74) is 2.38. The number of alkyl halides is 1. The lowest BCUT2D eigenvalue weighted by atomic mass is 9.99. The maximum Gasteiger partial charge on any atom is 0.315 e. The van der Waals surface area contributed by atoms with Gasteiger partial charge in [0.25, 0.3) is 0 Å². The molecular weight excluding hydrogens is 296 g/mol. The first kappa shape index (κ1) is 16.4. The second-order valence-corrected chi connectivity index (χ2v) is 5.45. The number of aryl methyl sites for hydroxylation is 1. The highest BCUT2D eigenvalue weighted by molar-refractivity contribution is 6.18. The van der Waals surface area contributed by atoms with Crippen molar-refractivity contribution >= 4 is 17.6 Å². The van der Waals surface area contributed by atoms with Gasteiger partial charge in [0.2, 0.25) is 0 Å². The van der Waals surface area contributed by atoms with E-state index in [1.807, 2.05) is 48.5 Å². The Morgan fingerprint density at radius 1 is 1.00 bits per heavy atom. The fraction of sp³-hybridized carbons (Fsp3) is 0.278. The molecule has 2 aromatic rings. The molecule has 0 saturated carbocycles. The van der Waals surface area contributed by atoms with E-state index >= 15 is 0 Å². The van der Waals surface area contributed by atoms with Gasteiger partial charge in [-0.2, -0.15) is 0 Å². The molecule has 1 unspecified atom stereocenters. The van der Waals surface area contributed by atoms with E-state index in [2.05, 4.69) is 22.8 Å². The van der Waals surface area contributed by atoms with Crippen LogP contribution in [-0.4, -0.2) is 18.5 Å². The maximum absolute atomic E-state index is 11.9. The van der Waals surface area contributed by atoms with Gasteiger partial charge in [0.05, 0.1) is 6.04 Å². The van der Waals surface area contributed by atoms with Crippen LogP contribution in [0.1, 0.15) is 23.6 Å². The van der Waals surface area contributed by atoms with Crippen molar-refractivity contribution in [1.82, 2.24) is 10.6 Å². The average molecular weight is 317 g/mol. The Bertz CT molecular complexity index is 560. The molecule has 4 heteroatoms. The Kier molecular flexibility index (Phi) is 6.78. The summed E-state index contributed by atoms with van der Waals surface area (Å²) in [5, 5.41) is 5.78. The van der Waals surface area contributed by atoms with E-state index in [1.165, 1.54) is 5.56 Å². The predicted octanol–water partition coefficient (Wildman–Crippen LogP) is 3.90. The number of carbonyl (C=O) groups excluding carboxylic acids is 1. The molecular formula is C18H21ClN2O. The first-order valence-electron chi connectivity index (χ1n) is 7.49. The Morgan fingerprint density at radius 2 is 1.64 bits per heavy atom. The lowest BCUT2D eigenvalue weighted by Crippen LogP contribution is -2.39. The molecule has 116 valence electrons. The molecule has 0 heterocycles. The molecule has 2 amide bonds. The molecule has 0 radical (unpaired) electrons. The quantitative estimate of drug-likeness (QED) is 0.747. The molecule has 0 bridgehead atoms. The van der Waals surface area contributed by atoms with Gasteiger partial charge in [-0.05, 0) is 24.0 Å². The van der Waals surface area contributed by atoms with E-state index in [0.29, 0.717) is 12.4 Å². The number of rotatable bonds is 7. The monoisotopic (exact) mass is 316 g/mol. The third-order valence-corrected chi connectivity index (χ3v) is 3.64. The zero-order valence-electron chi connectivity index (χ0n) is 12.5. The largest absolute Gasteiger partial charge is 0.337 e. The van der Waals surface area contributed by atoms with Gasteiger partial charge in [-0.3, -0.25) is 0 Å². The van der Waals surface area contributed by atoms with E-state index in [9.17, 15) is 4.79 Å². The highest BCUT2D eigenvalue weighted by Gasteiger charge is 2.14. The van der Waals surface area contributed by atoms with Crippen molar-refractivity contribution in [3.05, 3.63) is 71.8 Å². The van der Waals surface area contributed by atoms with Crippen molar-refractivity contribution < 1.29 is 4.79 Å². The van der Waals surface area contributed by atoms with Crippen LogP contribution in [0.3, 0.4) is 0 Å². The van der Waals surface area contributed by atoms with Gasteiger partial charge in [-0.1, -0.05) is 60.7 Å². The smallest absolute Gasteiger partial charge is 0.315 e. The topological polar surface area (TPSA) is 41.1 Å². The predicted molar refractivity (Wildman–Crippen MR) is 91.2 cm³/mol. The Hall–Kier alpha value is -2.00. The molecule has 2 N–H and O–H groups in total. The standard InChI is InChI=1S/C18H21ClN2O/c19-13-14-20-18(22)21-17(16-9-5-2-6-10-16)12-11-15-7-3-1-4-8-15/h1-10,17H,11-14H2,(H2,20,21,22). The first-order chi connectivity index (χ1) is 10.8. The number of nitrogens with one attached hydrogen (secondary N) is 2. The summed E-state index contributed by atoms with van der Waals surface area (Å²) >= 11 is 5.60. The molecule has 1 atom stereocenters. The zero-order chi connectivity index (χ0) is 15.6. The summed E-state index contributed by atoms with van der Waals surface area (Å²) in [6.07, 6.45) is 1.76. The zero-order valence-corrected chi connectivity index (χ0v) is 13.2. The van der Waals surface area contributed by atoms with E-state index in [0.717, 1.165) is 18.4 Å². The molecule has 22 heavy (non-hydrogen) atoms. The highest BCUT2D eigenvalue weighted by atomic mass is 35.5. The van der Waals surface area contributed by atoms with Gasteiger partial charge in [0.1, 0.15) is 0 Å². The number of amides is 2. The second-order valence-electron chi connectivity index (χ2n) is 5.08. The van der Waals surface area contributed by atoms with Gasteiger partial charge >= 0.3 is 6.03 Å². The molecule has 0 saturated heterocycles. The fourth-order valence-corrected chi connectivity index (χ4v) is 2.43. The number of carbonyl (C=O) groups is 1. The Labute approximate surface area is 136 Å². The summed E-state index contributed by atoms with van der Waals surface area (Å²) < 4.78 is 0. The maximum atomic E-state index is 11.9. The number of hydrogen-bond donors (Lipinski definition) is 2. The average Bonchev–Trinajstić information content (AvgIpc) is 2.58. The molecule has 0 aliphatic heterocycles. The van der Waals surface area contributed by atoms with Crippen molar-refractivity contribution in [1.29, 1.82) is 0 Å². The summed E-state index contributed by atoms with van der Waals surface area (Å²) in [5.74, 6) is 0.410. The minimum Gasteiger partial charge on any atom is -0.337 e. The summed E-state index contributed by atoms with van der Waals surface area (Å²) in [6, 6.07) is 20.1. The summed E-state index contributed by atoms with van der Waals surface area (Å²) in [7, 11) is 0. The van der Waals surface area contributed by atoms with E-state index in [4.69, 9.17) is 11.6 Å². The fourth-order valence-electron chi connectivity index (χ4n) is 2.33. The van der Waals surface area contributed by atoms with Crippen LogP contribution in [-0.2, 0) is 6.42 Å². The number of halogens is 1. The van der Waals surface area contributed by atoms with Crippen LogP contribution < -0.4 is 10.6 Å². The second kappa shape index (κ2) is 9.11. The lowest BCUT2D eigenvalue weighted by Gasteiger charge is -2.19. The number of hydrogen-bond acceptors (Lipinski definition) is 1. The van der Waals surface area contributed by atoms with Gasteiger partial charge < -0.3 is 10.6 Å². The van der Waals surface area contributed by atoms with Gasteiger partial charge in [0, 0.05) is 12.4 Å². The van der Waals surface area contributed by atoms with E-state index in [1.54, 1.807) is 0 Å².